The van der Waals surface area contributed by atoms with Gasteiger partial charge in [0.05, 0.1) is 0 Å². The van der Waals surface area contributed by atoms with Gasteiger partial charge < -0.3 is 8.85 Å². The third kappa shape index (κ3) is 18.6. The Labute approximate surface area is 186 Å². The number of rotatable bonds is 24. The van der Waals surface area contributed by atoms with E-state index in [9.17, 15) is 0 Å². The van der Waals surface area contributed by atoms with Crippen LogP contribution in [0, 0.1) is 0 Å². The van der Waals surface area contributed by atoms with E-state index in [1.165, 1.54) is 141 Å². The maximum absolute atomic E-state index is 5.96. The molecule has 29 heavy (non-hydrogen) atoms. The quantitative estimate of drug-likeness (QED) is 0.112. The summed E-state index contributed by atoms with van der Waals surface area (Å²) in [4.78, 5) is 0. The molecule has 0 heterocycles. The lowest BCUT2D eigenvalue weighted by Gasteiger charge is -2.27. The van der Waals surface area contributed by atoms with E-state index >= 15 is 0 Å². The van der Waals surface area contributed by atoms with Crippen LogP contribution in [0.25, 0.3) is 0 Å². The van der Waals surface area contributed by atoms with Crippen LogP contribution in [0.1, 0.15) is 142 Å². The second-order valence-electron chi connectivity index (χ2n) is 9.18. The maximum atomic E-state index is 5.96. The van der Waals surface area contributed by atoms with Gasteiger partial charge in [0.2, 0.25) is 0 Å². The van der Waals surface area contributed by atoms with E-state index in [2.05, 4.69) is 13.8 Å². The molecular formula is C26H56O2Si. The Morgan fingerprint density at radius 3 is 0.862 bits per heavy atom. The summed E-state index contributed by atoms with van der Waals surface area (Å²) in [6.45, 7) is 4.58. The van der Waals surface area contributed by atoms with Crippen molar-refractivity contribution in [1.29, 1.82) is 0 Å². The zero-order valence-corrected chi connectivity index (χ0v) is 21.9. The molecule has 0 rings (SSSR count). The average molecular weight is 429 g/mol. The first-order valence-corrected chi connectivity index (χ1v) is 15.6. The highest BCUT2D eigenvalue weighted by Crippen LogP contribution is 2.25. The van der Waals surface area contributed by atoms with E-state index in [1.807, 2.05) is 14.2 Å². The van der Waals surface area contributed by atoms with E-state index in [-0.39, 0.29) is 0 Å². The van der Waals surface area contributed by atoms with Gasteiger partial charge in [-0.25, -0.2) is 0 Å². The SMILES string of the molecule is CCCCCCCCCCCCCCC[Si](CCCCCCCCC)(OC)OC. The predicted molar refractivity (Wildman–Crippen MR) is 133 cm³/mol. The summed E-state index contributed by atoms with van der Waals surface area (Å²) in [6, 6.07) is 2.37. The van der Waals surface area contributed by atoms with Gasteiger partial charge in [0, 0.05) is 14.2 Å². The second-order valence-corrected chi connectivity index (χ2v) is 12.8. The molecule has 0 aromatic rings. The topological polar surface area (TPSA) is 18.5 Å². The van der Waals surface area contributed by atoms with Gasteiger partial charge in [0.1, 0.15) is 0 Å². The first-order valence-electron chi connectivity index (χ1n) is 13.3. The summed E-state index contributed by atoms with van der Waals surface area (Å²) in [7, 11) is 1.86. The fourth-order valence-corrected chi connectivity index (χ4v) is 7.19. The molecule has 0 bridgehead atoms. The van der Waals surface area contributed by atoms with Crippen molar-refractivity contribution in [3.8, 4) is 0 Å². The summed E-state index contributed by atoms with van der Waals surface area (Å²) in [6.07, 6.45) is 28.0. The van der Waals surface area contributed by atoms with Crippen LogP contribution in [0.4, 0.5) is 0 Å². The van der Waals surface area contributed by atoms with Crippen molar-refractivity contribution >= 4 is 8.56 Å². The van der Waals surface area contributed by atoms with Crippen molar-refractivity contribution < 1.29 is 8.85 Å². The second kappa shape index (κ2) is 22.8. The molecule has 3 heteroatoms. The molecule has 0 N–H and O–H groups in total. The minimum Gasteiger partial charge on any atom is -0.398 e. The molecule has 176 valence electrons. The molecule has 0 saturated carbocycles. The Morgan fingerprint density at radius 2 is 0.621 bits per heavy atom. The molecule has 0 aliphatic carbocycles. The van der Waals surface area contributed by atoms with Gasteiger partial charge in [-0.15, -0.1) is 0 Å². The molecule has 0 aromatic heterocycles. The standard InChI is InChI=1S/C26H56O2Si/c1-5-7-9-11-13-14-15-16-17-18-20-22-24-26-29(27-3,28-4)25-23-21-19-12-10-8-6-2/h5-26H2,1-4H3. The highest BCUT2D eigenvalue weighted by Gasteiger charge is 2.33. The molecule has 0 amide bonds. The minimum absolute atomic E-state index is 1.19. The molecule has 0 atom stereocenters. The van der Waals surface area contributed by atoms with Crippen molar-refractivity contribution in [3.05, 3.63) is 0 Å². The summed E-state index contributed by atoms with van der Waals surface area (Å²) in [5.74, 6) is 0. The van der Waals surface area contributed by atoms with E-state index in [4.69, 9.17) is 8.85 Å². The smallest absolute Gasteiger partial charge is 0.337 e. The average Bonchev–Trinajstić information content (AvgIpc) is 2.75. The Bertz CT molecular complexity index is 305. The fraction of sp³-hybridized carbons (Fsp3) is 1.00. The summed E-state index contributed by atoms with van der Waals surface area (Å²) in [5.41, 5.74) is 0. The third-order valence-electron chi connectivity index (χ3n) is 6.57. The Balaban J connectivity index is 3.58. The van der Waals surface area contributed by atoms with Gasteiger partial charge in [-0.2, -0.15) is 0 Å². The Hall–Kier alpha value is 0.137. The van der Waals surface area contributed by atoms with Crippen LogP contribution in [0.3, 0.4) is 0 Å². The van der Waals surface area contributed by atoms with Crippen LogP contribution >= 0.6 is 0 Å². The van der Waals surface area contributed by atoms with Crippen LogP contribution in [-0.2, 0) is 8.85 Å². The van der Waals surface area contributed by atoms with Crippen LogP contribution < -0.4 is 0 Å². The first kappa shape index (κ1) is 29.1. The van der Waals surface area contributed by atoms with Crippen molar-refractivity contribution in [2.24, 2.45) is 0 Å². The van der Waals surface area contributed by atoms with E-state index < -0.39 is 8.56 Å². The van der Waals surface area contributed by atoms with Crippen molar-refractivity contribution in [2.45, 2.75) is 154 Å². The highest BCUT2D eigenvalue weighted by atomic mass is 28.4. The molecule has 0 fully saturated rings. The van der Waals surface area contributed by atoms with Crippen LogP contribution in [-0.4, -0.2) is 22.8 Å². The lowest BCUT2D eigenvalue weighted by atomic mass is 10.1. The third-order valence-corrected chi connectivity index (χ3v) is 10.3. The molecule has 0 spiro atoms. The van der Waals surface area contributed by atoms with Crippen LogP contribution in [0.5, 0.6) is 0 Å². The molecular weight excluding hydrogens is 372 g/mol. The van der Waals surface area contributed by atoms with Gasteiger partial charge in [0.15, 0.2) is 0 Å². The molecule has 2 nitrogen and oxygen atoms in total. The molecule has 0 aliphatic rings. The highest BCUT2D eigenvalue weighted by molar-refractivity contribution is 6.67. The fourth-order valence-electron chi connectivity index (χ4n) is 4.38. The molecule has 0 saturated heterocycles. The minimum atomic E-state index is -1.92. The van der Waals surface area contributed by atoms with Gasteiger partial charge in [-0.05, 0) is 12.1 Å². The van der Waals surface area contributed by atoms with Crippen molar-refractivity contribution in [1.82, 2.24) is 0 Å². The van der Waals surface area contributed by atoms with Gasteiger partial charge >= 0.3 is 8.56 Å². The maximum Gasteiger partial charge on any atom is 0.337 e. The van der Waals surface area contributed by atoms with E-state index in [1.54, 1.807) is 0 Å². The Kier molecular flexibility index (Phi) is 22.9. The normalized spacial score (nSPS) is 12.0. The molecule has 0 aromatic carbocycles. The lowest BCUT2D eigenvalue weighted by Crippen LogP contribution is -2.39. The summed E-state index contributed by atoms with van der Waals surface area (Å²) >= 11 is 0. The van der Waals surface area contributed by atoms with Gasteiger partial charge in [0.25, 0.3) is 0 Å². The zero-order valence-electron chi connectivity index (χ0n) is 20.9. The first-order chi connectivity index (χ1) is 14.2. The van der Waals surface area contributed by atoms with E-state index in [0.29, 0.717) is 0 Å². The van der Waals surface area contributed by atoms with Crippen LogP contribution in [0.15, 0.2) is 0 Å². The molecule has 0 radical (unpaired) electrons. The van der Waals surface area contributed by atoms with Gasteiger partial charge in [-0.3, -0.25) is 0 Å². The number of hydrogen-bond acceptors (Lipinski definition) is 2. The van der Waals surface area contributed by atoms with Gasteiger partial charge in [-0.1, -0.05) is 142 Å². The summed E-state index contributed by atoms with van der Waals surface area (Å²) in [5, 5.41) is 0. The molecule has 0 unspecified atom stereocenters. The number of hydrogen-bond donors (Lipinski definition) is 0. The molecule has 0 aliphatic heterocycles. The lowest BCUT2D eigenvalue weighted by molar-refractivity contribution is 0.238. The van der Waals surface area contributed by atoms with Crippen molar-refractivity contribution in [3.63, 3.8) is 0 Å². The van der Waals surface area contributed by atoms with Crippen molar-refractivity contribution in [2.75, 3.05) is 14.2 Å². The summed E-state index contributed by atoms with van der Waals surface area (Å²) < 4.78 is 11.9. The Morgan fingerprint density at radius 1 is 0.379 bits per heavy atom. The monoisotopic (exact) mass is 428 g/mol. The zero-order chi connectivity index (χ0) is 21.5. The largest absolute Gasteiger partial charge is 0.398 e. The van der Waals surface area contributed by atoms with Crippen LogP contribution in [0.2, 0.25) is 12.1 Å². The van der Waals surface area contributed by atoms with E-state index in [0.717, 1.165) is 0 Å². The predicted octanol–water partition coefficient (Wildman–Crippen LogP) is 9.56. The number of unbranched alkanes of at least 4 members (excludes halogenated alkanes) is 18.